The molecule has 0 spiro atoms. The summed E-state index contributed by atoms with van der Waals surface area (Å²) in [5.41, 5.74) is 1.39. The van der Waals surface area contributed by atoms with Gasteiger partial charge >= 0.3 is 0 Å². The van der Waals surface area contributed by atoms with Crippen molar-refractivity contribution in [2.45, 2.75) is 6.54 Å². The molecule has 0 unspecified atom stereocenters. The lowest BCUT2D eigenvalue weighted by molar-refractivity contribution is -0.132. The van der Waals surface area contributed by atoms with Gasteiger partial charge in [-0.15, -0.1) is 0 Å². The van der Waals surface area contributed by atoms with E-state index in [9.17, 15) is 9.59 Å². The number of carbonyl (C=O) groups excluding carboxylic acids is 2. The number of likely N-dealkylation sites (N-methyl/N-ethyl adjacent to an activating group) is 1. The fourth-order valence-corrected chi connectivity index (χ4v) is 2.09. The average Bonchev–Trinajstić information content (AvgIpc) is 2.59. The number of aldehydes is 1. The van der Waals surface area contributed by atoms with Crippen molar-refractivity contribution in [2.24, 2.45) is 0 Å². The molecule has 0 saturated heterocycles. The third-order valence-electron chi connectivity index (χ3n) is 3.38. The lowest BCUT2D eigenvalue weighted by Crippen LogP contribution is -2.31. The van der Waals surface area contributed by atoms with Crippen molar-refractivity contribution < 1.29 is 19.1 Å². The highest BCUT2D eigenvalue weighted by Crippen LogP contribution is 2.16. The van der Waals surface area contributed by atoms with Gasteiger partial charge < -0.3 is 14.4 Å². The van der Waals surface area contributed by atoms with E-state index in [1.165, 1.54) is 0 Å². The molecule has 1 amide bonds. The first-order chi connectivity index (χ1) is 11.1. The highest BCUT2D eigenvalue weighted by molar-refractivity contribution is 5.80. The van der Waals surface area contributed by atoms with E-state index in [-0.39, 0.29) is 12.5 Å². The maximum absolute atomic E-state index is 12.2. The van der Waals surface area contributed by atoms with Crippen LogP contribution in [-0.2, 0) is 11.3 Å². The van der Waals surface area contributed by atoms with Crippen LogP contribution in [0.25, 0.3) is 0 Å². The van der Waals surface area contributed by atoms with Crippen LogP contribution in [0.15, 0.2) is 48.5 Å². The molecule has 5 nitrogen and oxygen atoms in total. The molecule has 0 saturated carbocycles. The number of carbonyl (C=O) groups is 2. The van der Waals surface area contributed by atoms with E-state index in [1.807, 2.05) is 24.3 Å². The van der Waals surface area contributed by atoms with Crippen LogP contribution in [0.3, 0.4) is 0 Å². The first-order valence-corrected chi connectivity index (χ1v) is 7.18. The SMILES string of the molecule is COc1cccc(CN(C)C(=O)COc2ccccc2C=O)c1. The van der Waals surface area contributed by atoms with Crippen LogP contribution in [0.4, 0.5) is 0 Å². The summed E-state index contributed by atoms with van der Waals surface area (Å²) in [6.07, 6.45) is 0.708. The van der Waals surface area contributed by atoms with Crippen LogP contribution in [0, 0.1) is 0 Å². The number of amides is 1. The van der Waals surface area contributed by atoms with E-state index in [0.717, 1.165) is 11.3 Å². The smallest absolute Gasteiger partial charge is 0.260 e. The molecule has 0 aliphatic carbocycles. The Morgan fingerprint density at radius 2 is 1.96 bits per heavy atom. The molecule has 0 N–H and O–H groups in total. The monoisotopic (exact) mass is 313 g/mol. The Hall–Kier alpha value is -2.82. The summed E-state index contributed by atoms with van der Waals surface area (Å²) in [6, 6.07) is 14.3. The molecular weight excluding hydrogens is 294 g/mol. The molecule has 2 aromatic carbocycles. The van der Waals surface area contributed by atoms with Crippen LogP contribution < -0.4 is 9.47 Å². The molecule has 2 aromatic rings. The summed E-state index contributed by atoms with van der Waals surface area (Å²) < 4.78 is 10.6. The average molecular weight is 313 g/mol. The van der Waals surface area contributed by atoms with Crippen molar-refractivity contribution in [3.63, 3.8) is 0 Å². The number of para-hydroxylation sites is 1. The number of rotatable bonds is 7. The minimum Gasteiger partial charge on any atom is -0.497 e. The predicted octanol–water partition coefficient (Wildman–Crippen LogP) is 2.55. The van der Waals surface area contributed by atoms with E-state index in [4.69, 9.17) is 9.47 Å². The number of hydrogen-bond donors (Lipinski definition) is 0. The molecule has 0 fully saturated rings. The van der Waals surface area contributed by atoms with Crippen LogP contribution in [0.1, 0.15) is 15.9 Å². The highest BCUT2D eigenvalue weighted by atomic mass is 16.5. The largest absolute Gasteiger partial charge is 0.497 e. The summed E-state index contributed by atoms with van der Waals surface area (Å²) >= 11 is 0. The van der Waals surface area contributed by atoms with Gasteiger partial charge in [-0.25, -0.2) is 0 Å². The van der Waals surface area contributed by atoms with Gasteiger partial charge in [-0.3, -0.25) is 9.59 Å². The Morgan fingerprint density at radius 3 is 2.70 bits per heavy atom. The molecule has 0 heterocycles. The molecule has 0 aliphatic heterocycles. The van der Waals surface area contributed by atoms with Gasteiger partial charge in [0.05, 0.1) is 12.7 Å². The first kappa shape index (κ1) is 16.5. The molecule has 0 aliphatic rings. The van der Waals surface area contributed by atoms with Gasteiger partial charge in [0.15, 0.2) is 12.9 Å². The van der Waals surface area contributed by atoms with Crippen molar-refractivity contribution >= 4 is 12.2 Å². The topological polar surface area (TPSA) is 55.8 Å². The third kappa shape index (κ3) is 4.57. The summed E-state index contributed by atoms with van der Waals surface area (Å²) in [5.74, 6) is 0.985. The Labute approximate surface area is 135 Å². The van der Waals surface area contributed by atoms with Crippen molar-refractivity contribution in [2.75, 3.05) is 20.8 Å². The Bertz CT molecular complexity index is 684. The minimum absolute atomic E-state index is 0.120. The van der Waals surface area contributed by atoms with Crippen molar-refractivity contribution in [3.05, 3.63) is 59.7 Å². The second-order valence-electron chi connectivity index (χ2n) is 5.05. The maximum Gasteiger partial charge on any atom is 0.260 e. The van der Waals surface area contributed by atoms with Crippen LogP contribution in [0.5, 0.6) is 11.5 Å². The Balaban J connectivity index is 1.93. The molecule has 2 rings (SSSR count). The molecule has 0 aromatic heterocycles. The quantitative estimate of drug-likeness (QED) is 0.737. The molecule has 23 heavy (non-hydrogen) atoms. The maximum atomic E-state index is 12.2. The van der Waals surface area contributed by atoms with Gasteiger partial charge in [-0.1, -0.05) is 24.3 Å². The van der Waals surface area contributed by atoms with E-state index in [1.54, 1.807) is 43.3 Å². The molecule has 0 bridgehead atoms. The number of hydrogen-bond acceptors (Lipinski definition) is 4. The molecule has 5 heteroatoms. The lowest BCUT2D eigenvalue weighted by atomic mass is 10.2. The van der Waals surface area contributed by atoms with E-state index in [2.05, 4.69) is 0 Å². The van der Waals surface area contributed by atoms with Crippen LogP contribution in [0.2, 0.25) is 0 Å². The Morgan fingerprint density at radius 1 is 1.17 bits per heavy atom. The first-order valence-electron chi connectivity index (χ1n) is 7.18. The van der Waals surface area contributed by atoms with Crippen LogP contribution in [-0.4, -0.2) is 37.9 Å². The van der Waals surface area contributed by atoms with E-state index >= 15 is 0 Å². The zero-order valence-electron chi connectivity index (χ0n) is 13.2. The zero-order valence-corrected chi connectivity index (χ0v) is 13.2. The summed E-state index contributed by atoms with van der Waals surface area (Å²) in [5, 5.41) is 0. The molecule has 120 valence electrons. The molecule has 0 radical (unpaired) electrons. The fourth-order valence-electron chi connectivity index (χ4n) is 2.09. The van der Waals surface area contributed by atoms with Crippen LogP contribution >= 0.6 is 0 Å². The van der Waals surface area contributed by atoms with E-state index in [0.29, 0.717) is 24.1 Å². The minimum atomic E-state index is -0.173. The number of ether oxygens (including phenoxy) is 2. The van der Waals surface area contributed by atoms with Crippen molar-refractivity contribution in [1.82, 2.24) is 4.90 Å². The summed E-state index contributed by atoms with van der Waals surface area (Å²) in [4.78, 5) is 24.6. The number of nitrogens with zero attached hydrogens (tertiary/aromatic N) is 1. The fraction of sp³-hybridized carbons (Fsp3) is 0.222. The van der Waals surface area contributed by atoms with Gasteiger partial charge in [-0.2, -0.15) is 0 Å². The Kier molecular flexibility index (Phi) is 5.74. The molecular formula is C18H19NO4. The van der Waals surface area contributed by atoms with Gasteiger partial charge in [0, 0.05) is 13.6 Å². The second-order valence-corrected chi connectivity index (χ2v) is 5.05. The van der Waals surface area contributed by atoms with Gasteiger partial charge in [0.1, 0.15) is 11.5 Å². The van der Waals surface area contributed by atoms with Gasteiger partial charge in [0.2, 0.25) is 0 Å². The second kappa shape index (κ2) is 7.98. The number of benzene rings is 2. The normalized spacial score (nSPS) is 10.0. The van der Waals surface area contributed by atoms with Crippen molar-refractivity contribution in [3.8, 4) is 11.5 Å². The third-order valence-corrected chi connectivity index (χ3v) is 3.38. The van der Waals surface area contributed by atoms with Gasteiger partial charge in [-0.05, 0) is 29.8 Å². The summed E-state index contributed by atoms with van der Waals surface area (Å²) in [6.45, 7) is 0.333. The molecule has 0 atom stereocenters. The highest BCUT2D eigenvalue weighted by Gasteiger charge is 2.12. The predicted molar refractivity (Wildman–Crippen MR) is 86.8 cm³/mol. The lowest BCUT2D eigenvalue weighted by Gasteiger charge is -2.18. The van der Waals surface area contributed by atoms with Crippen molar-refractivity contribution in [1.29, 1.82) is 0 Å². The standard InChI is InChI=1S/C18H19NO4/c1-19(11-14-6-5-8-16(10-14)22-2)18(21)13-23-17-9-4-3-7-15(17)12-20/h3-10,12H,11,13H2,1-2H3. The van der Waals surface area contributed by atoms with Gasteiger partial charge in [0.25, 0.3) is 5.91 Å². The summed E-state index contributed by atoms with van der Waals surface area (Å²) in [7, 11) is 3.31. The van der Waals surface area contributed by atoms with E-state index < -0.39 is 0 Å². The number of methoxy groups -OCH3 is 1. The zero-order chi connectivity index (χ0) is 16.7.